The van der Waals surface area contributed by atoms with E-state index in [1.54, 1.807) is 24.3 Å². The fraction of sp³-hybridized carbons (Fsp3) is 0.222. The fourth-order valence-corrected chi connectivity index (χ4v) is 4.51. The zero-order chi connectivity index (χ0) is 25.1. The average molecular weight is 484 g/mol. The summed E-state index contributed by atoms with van der Waals surface area (Å²) in [6.45, 7) is 3.15. The molecule has 1 atom stereocenters. The van der Waals surface area contributed by atoms with Gasteiger partial charge in [0.25, 0.3) is 11.8 Å². The van der Waals surface area contributed by atoms with E-state index >= 15 is 0 Å². The molecule has 1 aromatic heterocycles. The highest BCUT2D eigenvalue weighted by Crippen LogP contribution is 2.26. The van der Waals surface area contributed by atoms with Crippen molar-refractivity contribution in [2.45, 2.75) is 6.04 Å². The van der Waals surface area contributed by atoms with Crippen LogP contribution in [0.3, 0.4) is 0 Å². The number of imide groups is 1. The summed E-state index contributed by atoms with van der Waals surface area (Å²) in [7, 11) is 0. The van der Waals surface area contributed by atoms with E-state index in [1.165, 1.54) is 17.3 Å². The molecule has 2 aliphatic rings. The number of carbonyl (C=O) groups is 3. The van der Waals surface area contributed by atoms with Crippen molar-refractivity contribution in [1.29, 1.82) is 0 Å². The van der Waals surface area contributed by atoms with E-state index in [0.29, 0.717) is 49.8 Å². The summed E-state index contributed by atoms with van der Waals surface area (Å²) < 4.78 is 0. The van der Waals surface area contributed by atoms with E-state index in [4.69, 9.17) is 5.11 Å². The van der Waals surface area contributed by atoms with Gasteiger partial charge in [-0.05, 0) is 17.7 Å². The summed E-state index contributed by atoms with van der Waals surface area (Å²) in [5, 5.41) is 9.05. The molecule has 1 fully saturated rings. The lowest BCUT2D eigenvalue weighted by atomic mass is 10.1. The number of amides is 2. The lowest BCUT2D eigenvalue weighted by molar-refractivity contribution is 0.0581. The maximum atomic E-state index is 13.2. The van der Waals surface area contributed by atoms with Gasteiger partial charge >= 0.3 is 5.97 Å². The van der Waals surface area contributed by atoms with Gasteiger partial charge in [0, 0.05) is 45.1 Å². The summed E-state index contributed by atoms with van der Waals surface area (Å²) in [6, 6.07) is 16.3. The van der Waals surface area contributed by atoms with E-state index in [9.17, 15) is 14.4 Å². The topological polar surface area (TPSA) is 107 Å². The van der Waals surface area contributed by atoms with Crippen molar-refractivity contribution in [3.63, 3.8) is 0 Å². The number of hydrogen-bond donors (Lipinski definition) is 1. The Hall–Kier alpha value is -4.37. The van der Waals surface area contributed by atoms with Gasteiger partial charge < -0.3 is 10.0 Å². The Morgan fingerprint density at radius 1 is 0.889 bits per heavy atom. The molecule has 0 radical (unpaired) electrons. The normalized spacial score (nSPS) is 17.0. The van der Waals surface area contributed by atoms with Crippen molar-refractivity contribution >= 4 is 29.8 Å². The molecule has 9 nitrogen and oxygen atoms in total. The quantitative estimate of drug-likeness (QED) is 0.511. The van der Waals surface area contributed by atoms with Gasteiger partial charge in [-0.3, -0.25) is 19.4 Å². The van der Waals surface area contributed by atoms with E-state index < -0.39 is 12.0 Å². The van der Waals surface area contributed by atoms with Crippen LogP contribution in [-0.4, -0.2) is 81.4 Å². The smallest absolute Gasteiger partial charge is 0.338 e. The van der Waals surface area contributed by atoms with Crippen LogP contribution >= 0.6 is 0 Å². The zero-order valence-electron chi connectivity index (χ0n) is 19.5. The van der Waals surface area contributed by atoms with Crippen molar-refractivity contribution < 1.29 is 19.5 Å². The first kappa shape index (κ1) is 23.4. The number of benzene rings is 2. The van der Waals surface area contributed by atoms with Crippen molar-refractivity contribution in [3.05, 3.63) is 95.3 Å². The van der Waals surface area contributed by atoms with Crippen molar-refractivity contribution in [3.8, 4) is 0 Å². The molecule has 1 saturated heterocycles. The number of aromatic carboxylic acids is 1. The maximum absolute atomic E-state index is 13.2. The van der Waals surface area contributed by atoms with Gasteiger partial charge in [-0.2, -0.15) is 0 Å². The molecular formula is C27H25N5O4. The number of piperazine rings is 1. The minimum Gasteiger partial charge on any atom is -0.478 e. The number of aromatic nitrogens is 2. The molecule has 3 aromatic rings. The number of carboxylic acid groups (broad SMARTS) is 1. The van der Waals surface area contributed by atoms with Crippen LogP contribution < -0.4 is 4.90 Å². The Morgan fingerprint density at radius 2 is 1.47 bits per heavy atom. The zero-order valence-corrected chi connectivity index (χ0v) is 19.5. The van der Waals surface area contributed by atoms with Crippen LogP contribution in [0.4, 0.5) is 5.95 Å². The van der Waals surface area contributed by atoms with Crippen LogP contribution in [0.15, 0.2) is 73.1 Å². The van der Waals surface area contributed by atoms with E-state index in [1.807, 2.05) is 47.4 Å². The second-order valence-electron chi connectivity index (χ2n) is 8.73. The molecule has 182 valence electrons. The molecule has 36 heavy (non-hydrogen) atoms. The van der Waals surface area contributed by atoms with Gasteiger partial charge in [-0.1, -0.05) is 54.6 Å². The summed E-state index contributed by atoms with van der Waals surface area (Å²) in [5.41, 5.74) is 1.91. The second-order valence-corrected chi connectivity index (χ2v) is 8.73. The minimum atomic E-state index is -1.06. The van der Waals surface area contributed by atoms with Crippen LogP contribution in [0.25, 0.3) is 6.08 Å². The van der Waals surface area contributed by atoms with Gasteiger partial charge in [-0.15, -0.1) is 0 Å². The van der Waals surface area contributed by atoms with Crippen LogP contribution in [0.2, 0.25) is 0 Å². The molecule has 1 N–H and O–H groups in total. The monoisotopic (exact) mass is 483 g/mol. The molecule has 0 aliphatic carbocycles. The first-order chi connectivity index (χ1) is 17.5. The average Bonchev–Trinajstić information content (AvgIpc) is 3.17. The number of fused-ring (bicyclic) bond motifs is 1. The SMILES string of the molecule is O=C(O)c1cnc(N2CCN(CC(/C=C/c3ccccc3)N3C(=O)c4ccccc4C3=O)CC2)nc1. The predicted octanol–water partition coefficient (Wildman–Crippen LogP) is 2.68. The standard InChI is InChI=1S/C27H25N5O4/c33-24-22-8-4-5-9-23(22)25(34)32(24)21(11-10-19-6-2-1-3-7-19)18-30-12-14-31(15-13-30)27-28-16-20(17-29-27)26(35)36/h1-11,16-17,21H,12-15,18H2,(H,35,36)/b11-10+. The highest BCUT2D eigenvalue weighted by molar-refractivity contribution is 6.21. The van der Waals surface area contributed by atoms with E-state index in [-0.39, 0.29) is 17.4 Å². The Kier molecular flexibility index (Phi) is 6.55. The predicted molar refractivity (Wildman–Crippen MR) is 134 cm³/mol. The summed E-state index contributed by atoms with van der Waals surface area (Å²) in [5.74, 6) is -1.12. The molecule has 9 heteroatoms. The third kappa shape index (κ3) is 4.73. The molecule has 2 aliphatic heterocycles. The molecule has 0 spiro atoms. The molecule has 1 unspecified atom stereocenters. The lowest BCUT2D eigenvalue weighted by Gasteiger charge is -2.37. The number of rotatable bonds is 7. The first-order valence-electron chi connectivity index (χ1n) is 11.7. The summed E-state index contributed by atoms with van der Waals surface area (Å²) in [6.07, 6.45) is 6.49. The van der Waals surface area contributed by atoms with Crippen LogP contribution in [-0.2, 0) is 0 Å². The molecule has 2 amide bonds. The number of anilines is 1. The number of nitrogens with zero attached hydrogens (tertiary/aromatic N) is 5. The fourth-order valence-electron chi connectivity index (χ4n) is 4.51. The summed E-state index contributed by atoms with van der Waals surface area (Å²) >= 11 is 0. The van der Waals surface area contributed by atoms with Crippen molar-refractivity contribution in [2.75, 3.05) is 37.6 Å². The van der Waals surface area contributed by atoms with Crippen LogP contribution in [0.1, 0.15) is 36.6 Å². The molecule has 0 bridgehead atoms. The van der Waals surface area contributed by atoms with Crippen LogP contribution in [0.5, 0.6) is 0 Å². The molecular weight excluding hydrogens is 458 g/mol. The number of carbonyl (C=O) groups excluding carboxylic acids is 2. The molecule has 5 rings (SSSR count). The Bertz CT molecular complexity index is 1270. The van der Waals surface area contributed by atoms with Crippen LogP contribution in [0, 0.1) is 0 Å². The number of hydrogen-bond acceptors (Lipinski definition) is 7. The van der Waals surface area contributed by atoms with Crippen molar-refractivity contribution in [2.24, 2.45) is 0 Å². The van der Waals surface area contributed by atoms with Gasteiger partial charge in [0.15, 0.2) is 0 Å². The Balaban J connectivity index is 1.31. The lowest BCUT2D eigenvalue weighted by Crippen LogP contribution is -2.52. The van der Waals surface area contributed by atoms with E-state index in [0.717, 1.165) is 5.56 Å². The Morgan fingerprint density at radius 3 is 2.06 bits per heavy atom. The highest BCUT2D eigenvalue weighted by atomic mass is 16.4. The van der Waals surface area contributed by atoms with Gasteiger partial charge in [0.05, 0.1) is 22.7 Å². The van der Waals surface area contributed by atoms with Crippen molar-refractivity contribution in [1.82, 2.24) is 19.8 Å². The molecule has 0 saturated carbocycles. The van der Waals surface area contributed by atoms with Gasteiger partial charge in [0.2, 0.25) is 5.95 Å². The Labute approximate surface area is 208 Å². The minimum absolute atomic E-state index is 0.0476. The number of carboxylic acids is 1. The van der Waals surface area contributed by atoms with Gasteiger partial charge in [0.1, 0.15) is 0 Å². The molecule has 3 heterocycles. The first-order valence-corrected chi connectivity index (χ1v) is 11.7. The third-order valence-corrected chi connectivity index (χ3v) is 6.45. The summed E-state index contributed by atoms with van der Waals surface area (Å²) in [4.78, 5) is 51.4. The second kappa shape index (κ2) is 10.1. The largest absolute Gasteiger partial charge is 0.478 e. The third-order valence-electron chi connectivity index (χ3n) is 6.45. The van der Waals surface area contributed by atoms with E-state index in [2.05, 4.69) is 14.9 Å². The highest BCUT2D eigenvalue weighted by Gasteiger charge is 2.39. The van der Waals surface area contributed by atoms with Gasteiger partial charge in [-0.25, -0.2) is 14.8 Å². The maximum Gasteiger partial charge on any atom is 0.338 e. The molecule has 2 aromatic carbocycles.